The SMILES string of the molecule is Nc1c(F)cccc1CNCc1csc(=O)[nH]1. The first-order chi connectivity index (χ1) is 8.16. The predicted octanol–water partition coefficient (Wildman–Crippen LogP) is 1.45. The van der Waals surface area contributed by atoms with Gasteiger partial charge in [0.1, 0.15) is 5.82 Å². The van der Waals surface area contributed by atoms with Crippen LogP contribution in [-0.4, -0.2) is 4.98 Å². The van der Waals surface area contributed by atoms with Crippen molar-refractivity contribution in [3.8, 4) is 0 Å². The van der Waals surface area contributed by atoms with Gasteiger partial charge in [-0.3, -0.25) is 4.79 Å². The van der Waals surface area contributed by atoms with E-state index in [0.29, 0.717) is 18.7 Å². The smallest absolute Gasteiger partial charge is 0.304 e. The van der Waals surface area contributed by atoms with Crippen molar-refractivity contribution in [2.24, 2.45) is 0 Å². The number of thiazole rings is 1. The van der Waals surface area contributed by atoms with Crippen LogP contribution < -0.4 is 15.9 Å². The van der Waals surface area contributed by atoms with Crippen molar-refractivity contribution in [2.75, 3.05) is 5.73 Å². The van der Waals surface area contributed by atoms with E-state index in [2.05, 4.69) is 10.3 Å². The fourth-order valence-corrected chi connectivity index (χ4v) is 2.05. The maximum atomic E-state index is 13.1. The Hall–Kier alpha value is -1.66. The Balaban J connectivity index is 1.94. The van der Waals surface area contributed by atoms with Gasteiger partial charge in [0.15, 0.2) is 0 Å². The number of hydrogen-bond acceptors (Lipinski definition) is 4. The Kier molecular flexibility index (Phi) is 3.55. The van der Waals surface area contributed by atoms with Gasteiger partial charge in [-0.25, -0.2) is 4.39 Å². The fourth-order valence-electron chi connectivity index (χ4n) is 1.47. The van der Waals surface area contributed by atoms with Crippen molar-refractivity contribution < 1.29 is 4.39 Å². The number of nitrogen functional groups attached to an aromatic ring is 1. The Bertz CT molecular complexity index is 564. The molecule has 0 aliphatic rings. The molecule has 0 aliphatic carbocycles. The van der Waals surface area contributed by atoms with Crippen LogP contribution in [-0.2, 0) is 13.1 Å². The molecule has 4 nitrogen and oxygen atoms in total. The van der Waals surface area contributed by atoms with Gasteiger partial charge in [0, 0.05) is 24.2 Å². The second-order valence-electron chi connectivity index (χ2n) is 3.59. The number of para-hydroxylation sites is 1. The van der Waals surface area contributed by atoms with Gasteiger partial charge in [-0.15, -0.1) is 0 Å². The zero-order valence-electron chi connectivity index (χ0n) is 9.00. The van der Waals surface area contributed by atoms with Crippen molar-refractivity contribution >= 4 is 17.0 Å². The number of rotatable bonds is 4. The highest BCUT2D eigenvalue weighted by atomic mass is 32.1. The molecule has 2 rings (SSSR count). The summed E-state index contributed by atoms with van der Waals surface area (Å²) in [5, 5.41) is 4.84. The van der Waals surface area contributed by atoms with Crippen molar-refractivity contribution in [3.05, 3.63) is 50.3 Å². The normalized spacial score (nSPS) is 10.6. The van der Waals surface area contributed by atoms with Crippen molar-refractivity contribution in [2.45, 2.75) is 13.1 Å². The molecule has 1 aromatic heterocycles. The molecule has 0 fully saturated rings. The molecule has 0 spiro atoms. The summed E-state index contributed by atoms with van der Waals surface area (Å²) in [5.41, 5.74) is 7.29. The lowest BCUT2D eigenvalue weighted by atomic mass is 10.1. The molecule has 90 valence electrons. The summed E-state index contributed by atoms with van der Waals surface area (Å²) >= 11 is 1.12. The van der Waals surface area contributed by atoms with E-state index in [4.69, 9.17) is 5.73 Å². The van der Waals surface area contributed by atoms with Crippen molar-refractivity contribution in [1.29, 1.82) is 0 Å². The lowest BCUT2D eigenvalue weighted by molar-refractivity contribution is 0.625. The summed E-state index contributed by atoms with van der Waals surface area (Å²) in [7, 11) is 0. The summed E-state index contributed by atoms with van der Waals surface area (Å²) in [6.45, 7) is 0.982. The predicted molar refractivity (Wildman–Crippen MR) is 66.3 cm³/mol. The number of nitrogens with two attached hydrogens (primary N) is 1. The molecule has 0 bridgehead atoms. The van der Waals surface area contributed by atoms with Gasteiger partial charge >= 0.3 is 4.87 Å². The third-order valence-electron chi connectivity index (χ3n) is 2.34. The molecule has 6 heteroatoms. The van der Waals surface area contributed by atoms with Crippen LogP contribution in [0.1, 0.15) is 11.3 Å². The third kappa shape index (κ3) is 2.92. The molecule has 0 atom stereocenters. The van der Waals surface area contributed by atoms with Crippen LogP contribution in [0.25, 0.3) is 0 Å². The second-order valence-corrected chi connectivity index (χ2v) is 4.43. The molecule has 1 heterocycles. The van der Waals surface area contributed by atoms with Gasteiger partial charge in [-0.1, -0.05) is 23.5 Å². The van der Waals surface area contributed by atoms with Crippen LogP contribution in [0.4, 0.5) is 10.1 Å². The maximum Gasteiger partial charge on any atom is 0.304 e. The molecule has 0 aliphatic heterocycles. The van der Waals surface area contributed by atoms with Crippen LogP contribution in [0.3, 0.4) is 0 Å². The largest absolute Gasteiger partial charge is 0.396 e. The lowest BCUT2D eigenvalue weighted by Crippen LogP contribution is -2.15. The lowest BCUT2D eigenvalue weighted by Gasteiger charge is -2.07. The summed E-state index contributed by atoms with van der Waals surface area (Å²) < 4.78 is 13.1. The third-order valence-corrected chi connectivity index (χ3v) is 3.06. The number of H-pyrrole nitrogens is 1. The number of anilines is 1. The van der Waals surface area contributed by atoms with E-state index in [1.54, 1.807) is 17.5 Å². The molecule has 17 heavy (non-hydrogen) atoms. The number of aromatic nitrogens is 1. The zero-order valence-corrected chi connectivity index (χ0v) is 9.81. The standard InChI is InChI=1S/C11H12FN3OS/c12-9-3-1-2-7(10(9)13)4-14-5-8-6-17-11(16)15-8/h1-3,6,14H,4-5,13H2,(H,15,16). The minimum absolute atomic E-state index is 0.0768. The van der Waals surface area contributed by atoms with E-state index < -0.39 is 5.82 Å². The summed E-state index contributed by atoms with van der Waals surface area (Å²) in [5.74, 6) is -0.409. The van der Waals surface area contributed by atoms with Crippen LogP contribution in [0.2, 0.25) is 0 Å². The van der Waals surface area contributed by atoms with Crippen LogP contribution in [0.15, 0.2) is 28.4 Å². The van der Waals surface area contributed by atoms with Gasteiger partial charge in [-0.2, -0.15) is 0 Å². The molecule has 2 aromatic rings. The topological polar surface area (TPSA) is 70.9 Å². The fraction of sp³-hybridized carbons (Fsp3) is 0.182. The molecule has 4 N–H and O–H groups in total. The number of nitrogens with one attached hydrogen (secondary N) is 2. The van der Waals surface area contributed by atoms with Gasteiger partial charge in [0.25, 0.3) is 0 Å². The summed E-state index contributed by atoms with van der Waals surface area (Å²) in [6.07, 6.45) is 0. The molecular weight excluding hydrogens is 241 g/mol. The molecule has 0 radical (unpaired) electrons. The van der Waals surface area contributed by atoms with Gasteiger partial charge < -0.3 is 16.0 Å². The average molecular weight is 253 g/mol. The first-order valence-electron chi connectivity index (χ1n) is 5.07. The molecule has 0 saturated heterocycles. The first-order valence-corrected chi connectivity index (χ1v) is 5.95. The molecule has 1 aromatic carbocycles. The average Bonchev–Trinajstić information content (AvgIpc) is 2.70. The van der Waals surface area contributed by atoms with E-state index in [9.17, 15) is 9.18 Å². The van der Waals surface area contributed by atoms with E-state index in [-0.39, 0.29) is 10.6 Å². The number of hydrogen-bond donors (Lipinski definition) is 3. The molecule has 0 saturated carbocycles. The van der Waals surface area contributed by atoms with E-state index in [1.807, 2.05) is 0 Å². The monoisotopic (exact) mass is 253 g/mol. The quantitative estimate of drug-likeness (QED) is 0.722. The maximum absolute atomic E-state index is 13.1. The number of benzene rings is 1. The molecular formula is C11H12FN3OS. The van der Waals surface area contributed by atoms with Crippen LogP contribution in [0, 0.1) is 5.82 Å². The Morgan fingerprint density at radius 3 is 2.94 bits per heavy atom. The van der Waals surface area contributed by atoms with E-state index in [0.717, 1.165) is 17.0 Å². The zero-order chi connectivity index (χ0) is 12.3. The highest BCUT2D eigenvalue weighted by molar-refractivity contribution is 7.07. The highest BCUT2D eigenvalue weighted by Crippen LogP contribution is 2.15. The Labute approximate surface area is 101 Å². The minimum Gasteiger partial charge on any atom is -0.396 e. The summed E-state index contributed by atoms with van der Waals surface area (Å²) in [4.78, 5) is 13.5. The number of halogens is 1. The van der Waals surface area contributed by atoms with E-state index >= 15 is 0 Å². The van der Waals surface area contributed by atoms with Crippen LogP contribution >= 0.6 is 11.3 Å². The highest BCUT2D eigenvalue weighted by Gasteiger charge is 2.04. The van der Waals surface area contributed by atoms with Crippen LogP contribution in [0.5, 0.6) is 0 Å². The summed E-state index contributed by atoms with van der Waals surface area (Å²) in [6, 6.07) is 4.71. The van der Waals surface area contributed by atoms with E-state index in [1.165, 1.54) is 6.07 Å². The molecule has 0 unspecified atom stereocenters. The van der Waals surface area contributed by atoms with Gasteiger partial charge in [-0.05, 0) is 11.6 Å². The first kappa shape index (κ1) is 11.8. The van der Waals surface area contributed by atoms with Crippen molar-refractivity contribution in [3.63, 3.8) is 0 Å². The van der Waals surface area contributed by atoms with Gasteiger partial charge in [0.2, 0.25) is 0 Å². The molecule has 0 amide bonds. The minimum atomic E-state index is -0.409. The van der Waals surface area contributed by atoms with Crippen molar-refractivity contribution in [1.82, 2.24) is 10.3 Å². The van der Waals surface area contributed by atoms with Gasteiger partial charge in [0.05, 0.1) is 5.69 Å². The second kappa shape index (κ2) is 5.11. The Morgan fingerprint density at radius 1 is 1.41 bits per heavy atom. The Morgan fingerprint density at radius 2 is 2.24 bits per heavy atom. The number of aromatic amines is 1.